The molecule has 0 unspecified atom stereocenters. The van der Waals surface area contributed by atoms with Crippen molar-refractivity contribution in [3.05, 3.63) is 0 Å². The summed E-state index contributed by atoms with van der Waals surface area (Å²) in [6.07, 6.45) is 4.47. The van der Waals surface area contributed by atoms with Crippen molar-refractivity contribution >= 4 is 10.9 Å². The van der Waals surface area contributed by atoms with Crippen molar-refractivity contribution < 1.29 is 4.74 Å². The molecule has 0 N–H and O–H groups in total. The van der Waals surface area contributed by atoms with Gasteiger partial charge < -0.3 is 4.74 Å². The minimum Gasteiger partial charge on any atom is -0.377 e. The van der Waals surface area contributed by atoms with E-state index in [-0.39, 0.29) is 0 Å². The highest BCUT2D eigenvalue weighted by Crippen LogP contribution is 1.83. The van der Waals surface area contributed by atoms with E-state index in [0.29, 0.717) is 10.9 Å². The smallest absolute Gasteiger partial charge is 0.130 e. The first-order valence-corrected chi connectivity index (χ1v) is 5.10. The largest absolute Gasteiger partial charge is 0.377 e. The van der Waals surface area contributed by atoms with Crippen LogP contribution in [0.15, 0.2) is 0 Å². The number of hydrogen-bond donors (Lipinski definition) is 0. The molecule has 0 spiro atoms. The molecular formula is C6H15OS+. The summed E-state index contributed by atoms with van der Waals surface area (Å²) >= 11 is 0. The van der Waals surface area contributed by atoms with Gasteiger partial charge in [-0.15, -0.1) is 0 Å². The van der Waals surface area contributed by atoms with Gasteiger partial charge in [-0.05, 0) is 17.8 Å². The Labute approximate surface area is 54.8 Å². The van der Waals surface area contributed by atoms with Gasteiger partial charge in [0.15, 0.2) is 0 Å². The van der Waals surface area contributed by atoms with Gasteiger partial charge in [-0.25, -0.2) is 0 Å². The quantitative estimate of drug-likeness (QED) is 0.411. The Balaban J connectivity index is 2.72. The monoisotopic (exact) mass is 135 g/mol. The predicted molar refractivity (Wildman–Crippen MR) is 40.6 cm³/mol. The van der Waals surface area contributed by atoms with E-state index in [1.165, 1.54) is 5.75 Å². The van der Waals surface area contributed by atoms with Crippen LogP contribution in [0.25, 0.3) is 0 Å². The molecule has 0 aliphatic heterocycles. The molecule has 1 nitrogen and oxygen atoms in total. The molecular weight excluding hydrogens is 120 g/mol. The van der Waals surface area contributed by atoms with Crippen LogP contribution in [0.4, 0.5) is 0 Å². The third kappa shape index (κ3) is 6.31. The Morgan fingerprint density at radius 2 is 2.00 bits per heavy atom. The molecule has 0 saturated heterocycles. The maximum Gasteiger partial charge on any atom is 0.130 e. The van der Waals surface area contributed by atoms with Crippen LogP contribution in [0.3, 0.4) is 0 Å². The van der Waals surface area contributed by atoms with Crippen LogP contribution in [0.2, 0.25) is 0 Å². The van der Waals surface area contributed by atoms with Gasteiger partial charge in [0, 0.05) is 6.61 Å². The zero-order valence-electron chi connectivity index (χ0n) is 5.94. The van der Waals surface area contributed by atoms with Crippen molar-refractivity contribution in [2.45, 2.75) is 6.92 Å². The van der Waals surface area contributed by atoms with Crippen molar-refractivity contribution in [2.24, 2.45) is 0 Å². The van der Waals surface area contributed by atoms with Gasteiger partial charge in [-0.1, -0.05) is 0 Å². The Hall–Kier alpha value is 0.310. The minimum atomic E-state index is 0.558. The molecule has 0 bridgehead atoms. The van der Waals surface area contributed by atoms with E-state index in [1.54, 1.807) is 0 Å². The molecule has 0 aromatic heterocycles. The third-order valence-corrected chi connectivity index (χ3v) is 1.82. The predicted octanol–water partition coefficient (Wildman–Crippen LogP) is 0.901. The lowest BCUT2D eigenvalue weighted by atomic mass is 10.8. The lowest BCUT2D eigenvalue weighted by molar-refractivity contribution is 0.164. The van der Waals surface area contributed by atoms with Gasteiger partial charge in [0.05, 0.1) is 19.1 Å². The molecule has 0 aromatic carbocycles. The Bertz CT molecular complexity index is 45.8. The van der Waals surface area contributed by atoms with Crippen LogP contribution in [0.5, 0.6) is 0 Å². The molecule has 0 aliphatic carbocycles. The van der Waals surface area contributed by atoms with Crippen molar-refractivity contribution in [1.82, 2.24) is 0 Å². The fraction of sp³-hybridized carbons (Fsp3) is 1.00. The second-order valence-electron chi connectivity index (χ2n) is 1.89. The Morgan fingerprint density at radius 1 is 1.38 bits per heavy atom. The number of ether oxygens (including phenoxy) is 1. The number of hydrogen-bond acceptors (Lipinski definition) is 1. The summed E-state index contributed by atoms with van der Waals surface area (Å²) in [5.74, 6) is 1.22. The zero-order chi connectivity index (χ0) is 6.41. The third-order valence-electron chi connectivity index (χ3n) is 0.840. The molecule has 2 heteroatoms. The van der Waals surface area contributed by atoms with Crippen molar-refractivity contribution in [3.8, 4) is 0 Å². The number of rotatable bonds is 4. The lowest BCUT2D eigenvalue weighted by Gasteiger charge is -1.96. The molecule has 0 amide bonds. The van der Waals surface area contributed by atoms with E-state index in [2.05, 4.69) is 12.5 Å². The topological polar surface area (TPSA) is 9.23 Å². The highest BCUT2D eigenvalue weighted by Gasteiger charge is 1.98. The molecule has 0 rings (SSSR count). The standard InChI is InChI=1S/C6H15OS/c1-4-7-5-6-8(2)3/h4-6H2,1-3H3/q+1. The van der Waals surface area contributed by atoms with Gasteiger partial charge in [0.25, 0.3) is 0 Å². The van der Waals surface area contributed by atoms with E-state index in [0.717, 1.165) is 13.2 Å². The summed E-state index contributed by atoms with van der Waals surface area (Å²) in [7, 11) is 0.558. The molecule has 0 saturated carbocycles. The fourth-order valence-corrected chi connectivity index (χ4v) is 0.821. The summed E-state index contributed by atoms with van der Waals surface area (Å²) in [4.78, 5) is 0. The molecule has 0 aromatic rings. The summed E-state index contributed by atoms with van der Waals surface area (Å²) in [5.41, 5.74) is 0. The summed E-state index contributed by atoms with van der Waals surface area (Å²) in [6, 6.07) is 0. The molecule has 0 radical (unpaired) electrons. The molecule has 50 valence electrons. The van der Waals surface area contributed by atoms with Crippen molar-refractivity contribution in [2.75, 3.05) is 31.5 Å². The maximum atomic E-state index is 5.15. The van der Waals surface area contributed by atoms with Crippen molar-refractivity contribution in [3.63, 3.8) is 0 Å². The van der Waals surface area contributed by atoms with Gasteiger partial charge in [0.1, 0.15) is 5.75 Å². The Kier molecular flexibility index (Phi) is 5.66. The van der Waals surface area contributed by atoms with Crippen LogP contribution in [-0.4, -0.2) is 31.5 Å². The minimum absolute atomic E-state index is 0.558. The normalized spacial score (nSPS) is 10.5. The van der Waals surface area contributed by atoms with E-state index in [9.17, 15) is 0 Å². The highest BCUT2D eigenvalue weighted by atomic mass is 32.2. The van der Waals surface area contributed by atoms with E-state index in [4.69, 9.17) is 4.74 Å². The molecule has 0 aliphatic rings. The molecule has 8 heavy (non-hydrogen) atoms. The average molecular weight is 135 g/mol. The van der Waals surface area contributed by atoms with Gasteiger partial charge in [0.2, 0.25) is 0 Å². The van der Waals surface area contributed by atoms with Crippen LogP contribution < -0.4 is 0 Å². The lowest BCUT2D eigenvalue weighted by Crippen LogP contribution is -2.08. The van der Waals surface area contributed by atoms with Gasteiger partial charge in [-0.3, -0.25) is 0 Å². The van der Waals surface area contributed by atoms with E-state index in [1.807, 2.05) is 6.92 Å². The van der Waals surface area contributed by atoms with Gasteiger partial charge >= 0.3 is 0 Å². The highest BCUT2D eigenvalue weighted by molar-refractivity contribution is 7.95. The van der Waals surface area contributed by atoms with Crippen LogP contribution in [-0.2, 0) is 15.6 Å². The fourth-order valence-electron chi connectivity index (χ4n) is 0.370. The average Bonchev–Trinajstić information content (AvgIpc) is 1.66. The first kappa shape index (κ1) is 8.31. The van der Waals surface area contributed by atoms with Crippen LogP contribution in [0.1, 0.15) is 6.92 Å². The van der Waals surface area contributed by atoms with Crippen LogP contribution in [0, 0.1) is 0 Å². The van der Waals surface area contributed by atoms with Crippen molar-refractivity contribution in [1.29, 1.82) is 0 Å². The van der Waals surface area contributed by atoms with E-state index < -0.39 is 0 Å². The van der Waals surface area contributed by atoms with Crippen LogP contribution >= 0.6 is 0 Å². The summed E-state index contributed by atoms with van der Waals surface area (Å²) < 4.78 is 5.15. The van der Waals surface area contributed by atoms with E-state index >= 15 is 0 Å². The van der Waals surface area contributed by atoms with Gasteiger partial charge in [-0.2, -0.15) is 0 Å². The first-order chi connectivity index (χ1) is 3.77. The second kappa shape index (κ2) is 5.45. The molecule has 0 heterocycles. The SMILES string of the molecule is CCOCC[S+](C)C. The molecule has 0 fully saturated rings. The summed E-state index contributed by atoms with van der Waals surface area (Å²) in [6.45, 7) is 3.83. The Morgan fingerprint density at radius 3 is 2.38 bits per heavy atom. The second-order valence-corrected chi connectivity index (χ2v) is 4.27. The first-order valence-electron chi connectivity index (χ1n) is 2.89. The zero-order valence-corrected chi connectivity index (χ0v) is 6.75. The summed E-state index contributed by atoms with van der Waals surface area (Å²) in [5, 5.41) is 0. The molecule has 0 atom stereocenters. The maximum absolute atomic E-state index is 5.15.